The first-order valence-electron chi connectivity index (χ1n) is 12.3. The summed E-state index contributed by atoms with van der Waals surface area (Å²) in [6, 6.07) is 13.5. The van der Waals surface area contributed by atoms with Gasteiger partial charge in [0, 0.05) is 23.1 Å². The molecule has 204 valence electrons. The van der Waals surface area contributed by atoms with E-state index in [1.807, 2.05) is 0 Å². The number of esters is 1. The first-order valence-corrected chi connectivity index (χ1v) is 12.3. The van der Waals surface area contributed by atoms with Gasteiger partial charge in [-0.1, -0.05) is 12.1 Å². The maximum atomic E-state index is 14.9. The molecule has 0 bridgehead atoms. The lowest BCUT2D eigenvalue weighted by Crippen LogP contribution is -2.47. The van der Waals surface area contributed by atoms with Crippen molar-refractivity contribution in [2.75, 3.05) is 12.4 Å². The summed E-state index contributed by atoms with van der Waals surface area (Å²) in [4.78, 5) is 25.4. The molecule has 1 aliphatic carbocycles. The number of anilines is 1. The molecule has 5 rings (SSSR count). The summed E-state index contributed by atoms with van der Waals surface area (Å²) in [7, 11) is 1.47. The second kappa shape index (κ2) is 9.68. The van der Waals surface area contributed by atoms with Crippen molar-refractivity contribution in [3.63, 3.8) is 0 Å². The van der Waals surface area contributed by atoms with Gasteiger partial charge in [0.2, 0.25) is 0 Å². The zero-order chi connectivity index (χ0) is 28.0. The highest BCUT2D eigenvalue weighted by atomic mass is 19.4. The van der Waals surface area contributed by atoms with Gasteiger partial charge in [-0.15, -0.1) is 0 Å². The van der Waals surface area contributed by atoms with Crippen LogP contribution in [-0.4, -0.2) is 29.7 Å². The Morgan fingerprint density at radius 3 is 2.56 bits per heavy atom. The van der Waals surface area contributed by atoms with Gasteiger partial charge >= 0.3 is 12.1 Å². The number of carbonyl (C=O) groups excluding carboxylic acids is 2. The van der Waals surface area contributed by atoms with Crippen LogP contribution >= 0.6 is 0 Å². The monoisotopic (exact) mass is 543 g/mol. The van der Waals surface area contributed by atoms with E-state index in [-0.39, 0.29) is 25.0 Å². The van der Waals surface area contributed by atoms with E-state index in [0.29, 0.717) is 47.0 Å². The number of aliphatic hydroxyl groups is 1. The molecule has 2 N–H and O–H groups in total. The van der Waals surface area contributed by atoms with E-state index >= 15 is 0 Å². The molecule has 1 saturated carbocycles. The normalized spacial score (nSPS) is 17.1. The van der Waals surface area contributed by atoms with Crippen molar-refractivity contribution in [2.45, 2.75) is 49.5 Å². The molecule has 10 heteroatoms. The minimum absolute atomic E-state index is 0.0455. The zero-order valence-electron chi connectivity index (χ0n) is 20.9. The number of cyclic esters (lactones) is 1. The summed E-state index contributed by atoms with van der Waals surface area (Å²) in [6.07, 6.45) is -4.58. The first kappa shape index (κ1) is 26.7. The van der Waals surface area contributed by atoms with Gasteiger partial charge in [-0.05, 0) is 78.9 Å². The Bertz CT molecular complexity index is 1450. The number of rotatable bonds is 8. The molecule has 0 unspecified atom stereocenters. The van der Waals surface area contributed by atoms with Crippen molar-refractivity contribution < 1.29 is 41.7 Å². The molecule has 1 heterocycles. The van der Waals surface area contributed by atoms with Gasteiger partial charge in [0.15, 0.2) is 0 Å². The van der Waals surface area contributed by atoms with E-state index in [9.17, 15) is 32.3 Å². The largest absolute Gasteiger partial charge is 0.497 e. The van der Waals surface area contributed by atoms with Crippen LogP contribution in [0.4, 0.5) is 23.2 Å². The van der Waals surface area contributed by atoms with Crippen molar-refractivity contribution in [2.24, 2.45) is 0 Å². The smallest absolute Gasteiger partial charge is 0.416 e. The molecule has 6 nitrogen and oxygen atoms in total. The molecule has 2 aliphatic rings. The second-order valence-electron chi connectivity index (χ2n) is 10.1. The van der Waals surface area contributed by atoms with Crippen LogP contribution < -0.4 is 10.1 Å². The number of methoxy groups -OCH3 is 1. The molecule has 0 radical (unpaired) electrons. The fourth-order valence-electron chi connectivity index (χ4n) is 5.16. The number of hydrogen-bond acceptors (Lipinski definition) is 5. The number of benzene rings is 3. The standard InChI is InChI=1S/C29H25F4NO5/c1-38-21-4-2-3-17(11-21)14-28(37,26(36)34-20-6-7-22-18(12-20)15-39-25(22)35)16-27(9-10-27)23-13-19(29(31,32)33)5-8-24(23)30/h2-8,11-13,37H,9-10,14-16H2,1H3,(H,34,36)/t28-/m0/s1. The van der Waals surface area contributed by atoms with Crippen LogP contribution in [0.5, 0.6) is 5.75 Å². The van der Waals surface area contributed by atoms with E-state index in [1.165, 1.54) is 19.2 Å². The van der Waals surface area contributed by atoms with Crippen molar-refractivity contribution in [3.05, 3.63) is 94.3 Å². The van der Waals surface area contributed by atoms with Gasteiger partial charge in [0.05, 0.1) is 18.2 Å². The minimum Gasteiger partial charge on any atom is -0.497 e. The second-order valence-corrected chi connectivity index (χ2v) is 10.1. The van der Waals surface area contributed by atoms with Gasteiger partial charge in [-0.3, -0.25) is 4.79 Å². The van der Waals surface area contributed by atoms with Crippen LogP contribution in [0.3, 0.4) is 0 Å². The molecular weight excluding hydrogens is 518 g/mol. The highest BCUT2D eigenvalue weighted by Crippen LogP contribution is 2.55. The van der Waals surface area contributed by atoms with Crippen LogP contribution in [0.15, 0.2) is 60.7 Å². The Morgan fingerprint density at radius 2 is 1.87 bits per heavy atom. The quantitative estimate of drug-likeness (QED) is 0.287. The Kier molecular flexibility index (Phi) is 6.62. The van der Waals surface area contributed by atoms with Crippen LogP contribution in [-0.2, 0) is 34.2 Å². The molecule has 0 aromatic heterocycles. The molecule has 0 spiro atoms. The summed E-state index contributed by atoms with van der Waals surface area (Å²) in [5, 5.41) is 14.5. The van der Waals surface area contributed by atoms with Gasteiger partial charge in [0.25, 0.3) is 5.91 Å². The maximum absolute atomic E-state index is 14.9. The van der Waals surface area contributed by atoms with Crippen molar-refractivity contribution in [1.82, 2.24) is 0 Å². The average molecular weight is 544 g/mol. The Hall–Kier alpha value is -3.92. The summed E-state index contributed by atoms with van der Waals surface area (Å²) in [5.74, 6) is -1.62. The topological polar surface area (TPSA) is 84.9 Å². The molecule has 1 amide bonds. The van der Waals surface area contributed by atoms with Crippen LogP contribution in [0.25, 0.3) is 0 Å². The molecule has 1 atom stereocenters. The van der Waals surface area contributed by atoms with Gasteiger partial charge < -0.3 is 19.9 Å². The lowest BCUT2D eigenvalue weighted by Gasteiger charge is -2.32. The van der Waals surface area contributed by atoms with E-state index in [2.05, 4.69) is 5.32 Å². The third-order valence-electron chi connectivity index (χ3n) is 7.34. The average Bonchev–Trinajstić information content (AvgIpc) is 3.57. The number of carbonyl (C=O) groups is 2. The molecular formula is C29H25F4NO5. The predicted molar refractivity (Wildman–Crippen MR) is 133 cm³/mol. The van der Waals surface area contributed by atoms with Gasteiger partial charge in [0.1, 0.15) is 23.8 Å². The molecule has 1 aliphatic heterocycles. The zero-order valence-corrected chi connectivity index (χ0v) is 20.9. The fourth-order valence-corrected chi connectivity index (χ4v) is 5.16. The predicted octanol–water partition coefficient (Wildman–Crippen LogP) is 5.56. The molecule has 1 fully saturated rings. The fraction of sp³-hybridized carbons (Fsp3) is 0.310. The van der Waals surface area contributed by atoms with Crippen LogP contribution in [0.1, 0.15) is 51.9 Å². The van der Waals surface area contributed by atoms with E-state index < -0.39 is 40.4 Å². The Balaban J connectivity index is 1.49. The number of alkyl halides is 3. The van der Waals surface area contributed by atoms with Crippen molar-refractivity contribution >= 4 is 17.6 Å². The van der Waals surface area contributed by atoms with Crippen molar-refractivity contribution in [3.8, 4) is 5.75 Å². The number of fused-ring (bicyclic) bond motifs is 1. The third kappa shape index (κ3) is 5.34. The number of ether oxygens (including phenoxy) is 2. The van der Waals surface area contributed by atoms with E-state index in [0.717, 1.165) is 12.1 Å². The van der Waals surface area contributed by atoms with E-state index in [1.54, 1.807) is 30.3 Å². The summed E-state index contributed by atoms with van der Waals surface area (Å²) >= 11 is 0. The van der Waals surface area contributed by atoms with Crippen molar-refractivity contribution in [1.29, 1.82) is 0 Å². The highest BCUT2D eigenvalue weighted by molar-refractivity contribution is 5.99. The minimum atomic E-state index is -4.68. The summed E-state index contributed by atoms with van der Waals surface area (Å²) in [5.41, 5.74) is -2.68. The van der Waals surface area contributed by atoms with Crippen LogP contribution in [0, 0.1) is 5.82 Å². The first-order chi connectivity index (χ1) is 18.4. The lowest BCUT2D eigenvalue weighted by molar-refractivity contribution is -0.138. The lowest BCUT2D eigenvalue weighted by atomic mass is 9.78. The molecule has 3 aromatic carbocycles. The number of halogens is 4. The van der Waals surface area contributed by atoms with Gasteiger partial charge in [-0.25, -0.2) is 9.18 Å². The highest BCUT2D eigenvalue weighted by Gasteiger charge is 2.54. The molecule has 3 aromatic rings. The summed E-state index contributed by atoms with van der Waals surface area (Å²) < 4.78 is 65.4. The third-order valence-corrected chi connectivity index (χ3v) is 7.34. The maximum Gasteiger partial charge on any atom is 0.416 e. The number of nitrogens with one attached hydrogen (secondary N) is 1. The molecule has 0 saturated heterocycles. The number of hydrogen-bond donors (Lipinski definition) is 2. The van der Waals surface area contributed by atoms with Crippen LogP contribution in [0.2, 0.25) is 0 Å². The Labute approximate surface area is 221 Å². The molecule has 39 heavy (non-hydrogen) atoms. The summed E-state index contributed by atoms with van der Waals surface area (Å²) in [6.45, 7) is 0.0455. The van der Waals surface area contributed by atoms with Gasteiger partial charge in [-0.2, -0.15) is 13.2 Å². The number of amides is 1. The SMILES string of the molecule is COc1cccc(C[C@](O)(CC2(c3cc(C(F)(F)F)ccc3F)CC2)C(=O)Nc2ccc3c(c2)COC3=O)c1. The Morgan fingerprint density at radius 1 is 1.10 bits per heavy atom. The van der Waals surface area contributed by atoms with E-state index in [4.69, 9.17) is 9.47 Å².